The fraction of sp³-hybridized carbons (Fsp3) is 0.217. The number of carbonyl (C=O) groups excluding carboxylic acids is 2. The summed E-state index contributed by atoms with van der Waals surface area (Å²) in [4.78, 5) is 48.5. The van der Waals surface area contributed by atoms with Crippen LogP contribution < -0.4 is 11.2 Å². The van der Waals surface area contributed by atoms with Gasteiger partial charge in [0.1, 0.15) is 0 Å². The molecule has 0 aliphatic heterocycles. The molecule has 8 nitrogen and oxygen atoms in total. The third-order valence-corrected chi connectivity index (χ3v) is 5.29. The second-order valence-corrected chi connectivity index (χ2v) is 7.74. The first-order chi connectivity index (χ1) is 15.1. The first-order valence-corrected chi connectivity index (χ1v) is 10.1. The van der Waals surface area contributed by atoms with Crippen LogP contribution in [0.5, 0.6) is 0 Å². The van der Waals surface area contributed by atoms with Crippen molar-refractivity contribution in [3.63, 3.8) is 0 Å². The van der Waals surface area contributed by atoms with Crippen molar-refractivity contribution in [2.45, 2.75) is 13.8 Å². The maximum absolute atomic E-state index is 12.6. The zero-order valence-electron chi connectivity index (χ0n) is 18.1. The van der Waals surface area contributed by atoms with Crippen molar-refractivity contribution in [3.8, 4) is 5.69 Å². The van der Waals surface area contributed by atoms with Crippen LogP contribution in [0.15, 0.2) is 52.2 Å². The van der Waals surface area contributed by atoms with E-state index in [4.69, 9.17) is 16.3 Å². The molecule has 0 amide bonds. The van der Waals surface area contributed by atoms with Gasteiger partial charge in [0.2, 0.25) is 5.78 Å². The molecule has 0 spiro atoms. The van der Waals surface area contributed by atoms with E-state index in [1.54, 1.807) is 18.2 Å². The molecule has 0 unspecified atom stereocenters. The largest absolute Gasteiger partial charge is 0.454 e. The van der Waals surface area contributed by atoms with E-state index in [0.29, 0.717) is 10.6 Å². The molecule has 0 fully saturated rings. The molecule has 3 aromatic rings. The highest BCUT2D eigenvalue weighted by molar-refractivity contribution is 6.30. The number of esters is 1. The molecule has 0 N–H and O–H groups in total. The van der Waals surface area contributed by atoms with Gasteiger partial charge in [0, 0.05) is 54.0 Å². The van der Waals surface area contributed by atoms with Crippen LogP contribution in [0, 0.1) is 13.8 Å². The van der Waals surface area contributed by atoms with Gasteiger partial charge in [-0.3, -0.25) is 14.2 Å². The Morgan fingerprint density at radius 1 is 1.09 bits per heavy atom. The van der Waals surface area contributed by atoms with Gasteiger partial charge in [-0.25, -0.2) is 9.59 Å². The first-order valence-electron chi connectivity index (χ1n) is 9.69. The minimum absolute atomic E-state index is 0.143. The van der Waals surface area contributed by atoms with Crippen molar-refractivity contribution >= 4 is 29.4 Å². The van der Waals surface area contributed by atoms with Crippen molar-refractivity contribution in [1.29, 1.82) is 0 Å². The molecule has 0 bridgehead atoms. The number of aryl methyl sites for hydroxylation is 2. The van der Waals surface area contributed by atoms with Crippen molar-refractivity contribution < 1.29 is 14.3 Å². The Morgan fingerprint density at radius 3 is 2.41 bits per heavy atom. The van der Waals surface area contributed by atoms with Gasteiger partial charge in [-0.15, -0.1) is 0 Å². The average Bonchev–Trinajstić information content (AvgIpc) is 3.06. The molecule has 3 rings (SSSR count). The van der Waals surface area contributed by atoms with Crippen molar-refractivity contribution in [2.75, 3.05) is 6.61 Å². The highest BCUT2D eigenvalue weighted by atomic mass is 35.5. The molecule has 2 aromatic heterocycles. The lowest BCUT2D eigenvalue weighted by Gasteiger charge is -2.10. The average molecular weight is 456 g/mol. The minimum Gasteiger partial charge on any atom is -0.454 e. The maximum atomic E-state index is 12.6. The number of carbonyl (C=O) groups is 2. The number of ketones is 1. The number of halogens is 1. The van der Waals surface area contributed by atoms with E-state index in [1.807, 2.05) is 30.5 Å². The monoisotopic (exact) mass is 455 g/mol. The Labute approximate surface area is 188 Å². The number of ether oxygens (including phenoxy) is 1. The minimum atomic E-state index is -0.777. The summed E-state index contributed by atoms with van der Waals surface area (Å²) in [6, 6.07) is 8.98. The van der Waals surface area contributed by atoms with E-state index in [1.165, 1.54) is 30.9 Å². The highest BCUT2D eigenvalue weighted by Gasteiger charge is 2.18. The zero-order chi connectivity index (χ0) is 23.6. The summed E-state index contributed by atoms with van der Waals surface area (Å²) >= 11 is 5.95. The van der Waals surface area contributed by atoms with E-state index in [-0.39, 0.29) is 11.3 Å². The van der Waals surface area contributed by atoms with Gasteiger partial charge >= 0.3 is 11.7 Å². The van der Waals surface area contributed by atoms with Crippen LogP contribution in [-0.4, -0.2) is 32.1 Å². The molecule has 1 aromatic carbocycles. The van der Waals surface area contributed by atoms with E-state index in [0.717, 1.165) is 27.7 Å². The van der Waals surface area contributed by atoms with Gasteiger partial charge in [-0.05, 0) is 50.3 Å². The molecular formula is C23H22ClN3O5. The molecule has 166 valence electrons. The predicted molar refractivity (Wildman–Crippen MR) is 122 cm³/mol. The number of benzene rings is 1. The summed E-state index contributed by atoms with van der Waals surface area (Å²) in [6.45, 7) is 3.24. The van der Waals surface area contributed by atoms with Gasteiger partial charge in [-0.2, -0.15) is 0 Å². The quantitative estimate of drug-likeness (QED) is 0.323. The summed E-state index contributed by atoms with van der Waals surface area (Å²) in [6.07, 6.45) is 3.62. The van der Waals surface area contributed by atoms with Gasteiger partial charge < -0.3 is 13.9 Å². The van der Waals surface area contributed by atoms with Crippen molar-refractivity contribution in [3.05, 3.63) is 91.0 Å². The maximum Gasteiger partial charge on any atom is 0.331 e. The SMILES string of the molecule is Cc1cc(C(=O)COC(=O)C=Cc2cn(C)c(=O)n(C)c2=O)c(C)n1-c1ccc(Cl)cc1. The summed E-state index contributed by atoms with van der Waals surface area (Å²) in [7, 11) is 2.84. The van der Waals surface area contributed by atoms with E-state index >= 15 is 0 Å². The van der Waals surface area contributed by atoms with Crippen LogP contribution in [0.3, 0.4) is 0 Å². The second-order valence-electron chi connectivity index (χ2n) is 7.30. The van der Waals surface area contributed by atoms with E-state index < -0.39 is 23.8 Å². The lowest BCUT2D eigenvalue weighted by molar-refractivity contribution is -0.136. The Balaban J connectivity index is 1.71. The molecule has 32 heavy (non-hydrogen) atoms. The summed E-state index contributed by atoms with van der Waals surface area (Å²) in [5, 5.41) is 0.614. The van der Waals surface area contributed by atoms with Crippen LogP contribution in [0.25, 0.3) is 11.8 Å². The molecule has 0 aliphatic carbocycles. The predicted octanol–water partition coefficient (Wildman–Crippen LogP) is 2.58. The molecule has 0 radical (unpaired) electrons. The molecule has 2 heterocycles. The number of hydrogen-bond donors (Lipinski definition) is 0. The standard InChI is InChI=1S/C23H22ClN3O5/c1-14-11-19(15(2)27(14)18-8-6-17(24)7-9-18)20(28)13-32-21(29)10-5-16-12-25(3)23(31)26(4)22(16)30/h5-12H,13H2,1-4H3. The highest BCUT2D eigenvalue weighted by Crippen LogP contribution is 2.22. The molecule has 9 heteroatoms. The third-order valence-electron chi connectivity index (χ3n) is 5.03. The smallest absolute Gasteiger partial charge is 0.331 e. The van der Waals surface area contributed by atoms with E-state index in [9.17, 15) is 19.2 Å². The summed E-state index contributed by atoms with van der Waals surface area (Å²) < 4.78 is 9.13. The van der Waals surface area contributed by atoms with Crippen LogP contribution >= 0.6 is 11.6 Å². The molecule has 0 aliphatic rings. The molecule has 0 saturated heterocycles. The topological polar surface area (TPSA) is 92.3 Å². The number of nitrogens with zero attached hydrogens (tertiary/aromatic N) is 3. The van der Waals surface area contributed by atoms with Gasteiger partial charge in [0.15, 0.2) is 6.61 Å². The first kappa shape index (κ1) is 23.0. The molecule has 0 atom stereocenters. The number of Topliss-reactive ketones (excluding diaryl/α,β-unsaturated/α-hetero) is 1. The normalized spacial score (nSPS) is 11.2. The zero-order valence-corrected chi connectivity index (χ0v) is 18.8. The lowest BCUT2D eigenvalue weighted by atomic mass is 10.1. The number of hydrogen-bond acceptors (Lipinski definition) is 5. The lowest BCUT2D eigenvalue weighted by Crippen LogP contribution is -2.37. The van der Waals surface area contributed by atoms with Crippen LogP contribution in [-0.2, 0) is 23.6 Å². The fourth-order valence-corrected chi connectivity index (χ4v) is 3.53. The van der Waals surface area contributed by atoms with Crippen LogP contribution in [0.4, 0.5) is 0 Å². The Kier molecular flexibility index (Phi) is 6.64. The number of aromatic nitrogens is 3. The van der Waals surface area contributed by atoms with Crippen molar-refractivity contribution in [1.82, 2.24) is 13.7 Å². The van der Waals surface area contributed by atoms with Gasteiger partial charge in [0.05, 0.1) is 5.56 Å². The molecular weight excluding hydrogens is 434 g/mol. The number of rotatable bonds is 6. The third kappa shape index (κ3) is 4.65. The Bertz CT molecular complexity index is 1340. The Hall–Kier alpha value is -3.65. The van der Waals surface area contributed by atoms with Gasteiger partial charge in [-0.1, -0.05) is 11.6 Å². The summed E-state index contributed by atoms with van der Waals surface area (Å²) in [5.74, 6) is -1.13. The summed E-state index contributed by atoms with van der Waals surface area (Å²) in [5.41, 5.74) is 2.01. The van der Waals surface area contributed by atoms with E-state index in [2.05, 4.69) is 0 Å². The second kappa shape index (κ2) is 9.23. The Morgan fingerprint density at radius 2 is 1.75 bits per heavy atom. The van der Waals surface area contributed by atoms with Gasteiger partial charge in [0.25, 0.3) is 5.56 Å². The van der Waals surface area contributed by atoms with Crippen LogP contribution in [0.1, 0.15) is 27.3 Å². The van der Waals surface area contributed by atoms with Crippen molar-refractivity contribution in [2.24, 2.45) is 14.1 Å². The van der Waals surface area contributed by atoms with Crippen LogP contribution in [0.2, 0.25) is 5.02 Å². The fourth-order valence-electron chi connectivity index (χ4n) is 3.40. The molecule has 0 saturated carbocycles.